The number of benzene rings is 1. The number of nitrogens with zero attached hydrogens (tertiary/aromatic N) is 1. The van der Waals surface area contributed by atoms with Gasteiger partial charge >= 0.3 is 0 Å². The zero-order valence-electron chi connectivity index (χ0n) is 9.79. The van der Waals surface area contributed by atoms with Gasteiger partial charge in [0.1, 0.15) is 12.9 Å². The van der Waals surface area contributed by atoms with Gasteiger partial charge in [-0.05, 0) is 43.2 Å². The van der Waals surface area contributed by atoms with E-state index in [2.05, 4.69) is 0 Å². The summed E-state index contributed by atoms with van der Waals surface area (Å²) in [6.45, 7) is 3.96. The first-order valence-electron chi connectivity index (χ1n) is 5.31. The molecule has 16 heavy (non-hydrogen) atoms. The second kappa shape index (κ2) is 4.05. The first kappa shape index (κ1) is 10.8. The molecule has 0 radical (unpaired) electrons. The molecule has 0 N–H and O–H groups in total. The van der Waals surface area contributed by atoms with Gasteiger partial charge in [-0.15, -0.1) is 0 Å². The molecule has 0 aliphatic rings. The van der Waals surface area contributed by atoms with Gasteiger partial charge in [0, 0.05) is 12.1 Å². The van der Waals surface area contributed by atoms with Crippen LogP contribution in [0.1, 0.15) is 11.1 Å². The topological polar surface area (TPSA) is 3.88 Å². The van der Waals surface area contributed by atoms with Crippen LogP contribution in [0.2, 0.25) is 0 Å². The second-order valence-electron chi connectivity index (χ2n) is 4.09. The van der Waals surface area contributed by atoms with Crippen LogP contribution in [0.25, 0.3) is 11.3 Å². The van der Waals surface area contributed by atoms with Crippen LogP contribution < -0.4 is 4.57 Å². The molecule has 0 atom stereocenters. The van der Waals surface area contributed by atoms with Crippen molar-refractivity contribution in [2.24, 2.45) is 7.05 Å². The Bertz CT molecular complexity index is 532. The van der Waals surface area contributed by atoms with Crippen molar-refractivity contribution in [3.05, 3.63) is 53.5 Å². The van der Waals surface area contributed by atoms with E-state index in [4.69, 9.17) is 0 Å². The van der Waals surface area contributed by atoms with Gasteiger partial charge in [0.05, 0.1) is 5.56 Å². The zero-order chi connectivity index (χ0) is 11.7. The molecule has 0 fully saturated rings. The van der Waals surface area contributed by atoms with Gasteiger partial charge in [-0.3, -0.25) is 0 Å². The Labute approximate surface area is 95.2 Å². The number of pyridine rings is 1. The molecule has 2 rings (SSSR count). The average Bonchev–Trinajstić information content (AvgIpc) is 2.24. The molecular weight excluding hydrogens is 201 g/mol. The van der Waals surface area contributed by atoms with Crippen LogP contribution in [0.15, 0.2) is 36.5 Å². The van der Waals surface area contributed by atoms with E-state index in [1.807, 2.05) is 49.9 Å². The number of aryl methyl sites for hydroxylation is 2. The predicted molar refractivity (Wildman–Crippen MR) is 62.5 cm³/mol. The van der Waals surface area contributed by atoms with Crippen molar-refractivity contribution in [1.82, 2.24) is 0 Å². The van der Waals surface area contributed by atoms with Crippen molar-refractivity contribution in [2.75, 3.05) is 0 Å². The Kier molecular flexibility index (Phi) is 2.73. The molecule has 0 aliphatic carbocycles. The molecule has 2 aromatic rings. The molecule has 1 heterocycles. The van der Waals surface area contributed by atoms with Gasteiger partial charge < -0.3 is 0 Å². The second-order valence-corrected chi connectivity index (χ2v) is 4.09. The van der Waals surface area contributed by atoms with Crippen molar-refractivity contribution in [1.29, 1.82) is 0 Å². The third-order valence-electron chi connectivity index (χ3n) is 2.96. The summed E-state index contributed by atoms with van der Waals surface area (Å²) < 4.78 is 15.4. The lowest BCUT2D eigenvalue weighted by atomic mass is 10.00. The highest BCUT2D eigenvalue weighted by atomic mass is 19.1. The Hall–Kier alpha value is -1.70. The number of aromatic nitrogens is 1. The minimum absolute atomic E-state index is 0.179. The summed E-state index contributed by atoms with van der Waals surface area (Å²) in [4.78, 5) is 0. The van der Waals surface area contributed by atoms with E-state index in [-0.39, 0.29) is 5.82 Å². The summed E-state index contributed by atoms with van der Waals surface area (Å²) in [5.74, 6) is -0.179. The van der Waals surface area contributed by atoms with Crippen molar-refractivity contribution < 1.29 is 8.96 Å². The van der Waals surface area contributed by atoms with Crippen molar-refractivity contribution in [2.45, 2.75) is 13.8 Å². The van der Waals surface area contributed by atoms with Crippen LogP contribution in [0.3, 0.4) is 0 Å². The maximum Gasteiger partial charge on any atom is 0.212 e. The number of halogens is 1. The van der Waals surface area contributed by atoms with E-state index in [1.54, 1.807) is 12.1 Å². The van der Waals surface area contributed by atoms with Crippen molar-refractivity contribution in [3.8, 4) is 11.3 Å². The monoisotopic (exact) mass is 216 g/mol. The summed E-state index contributed by atoms with van der Waals surface area (Å²) in [7, 11) is 1.97. The number of hydrogen-bond donors (Lipinski definition) is 0. The van der Waals surface area contributed by atoms with Crippen LogP contribution >= 0.6 is 0 Å². The molecule has 82 valence electrons. The highest BCUT2D eigenvalue weighted by Gasteiger charge is 2.13. The Morgan fingerprint density at radius 2 is 1.88 bits per heavy atom. The normalized spacial score (nSPS) is 10.5. The summed E-state index contributed by atoms with van der Waals surface area (Å²) in [5.41, 5.74) is 4.10. The van der Waals surface area contributed by atoms with E-state index in [1.165, 1.54) is 0 Å². The first-order valence-corrected chi connectivity index (χ1v) is 5.31. The fourth-order valence-electron chi connectivity index (χ4n) is 1.88. The lowest BCUT2D eigenvalue weighted by molar-refractivity contribution is -0.660. The van der Waals surface area contributed by atoms with Crippen molar-refractivity contribution in [3.63, 3.8) is 0 Å². The molecule has 1 aromatic carbocycles. The molecule has 0 amide bonds. The van der Waals surface area contributed by atoms with Crippen LogP contribution in [-0.2, 0) is 7.05 Å². The van der Waals surface area contributed by atoms with Gasteiger partial charge in [0.2, 0.25) is 5.69 Å². The van der Waals surface area contributed by atoms with Gasteiger partial charge in [0.25, 0.3) is 0 Å². The van der Waals surface area contributed by atoms with E-state index in [9.17, 15) is 4.39 Å². The summed E-state index contributed by atoms with van der Waals surface area (Å²) in [6, 6.07) is 9.10. The molecule has 0 spiro atoms. The van der Waals surface area contributed by atoms with Crippen LogP contribution in [0, 0.1) is 19.7 Å². The van der Waals surface area contributed by atoms with Gasteiger partial charge in [-0.25, -0.2) is 8.96 Å². The minimum atomic E-state index is -0.179. The molecule has 0 saturated carbocycles. The quantitative estimate of drug-likeness (QED) is 0.645. The molecule has 0 bridgehead atoms. The highest BCUT2D eigenvalue weighted by Crippen LogP contribution is 2.23. The lowest BCUT2D eigenvalue weighted by Gasteiger charge is -2.07. The summed E-state index contributed by atoms with van der Waals surface area (Å²) in [6.07, 6.45) is 1.97. The molecule has 2 heteroatoms. The zero-order valence-corrected chi connectivity index (χ0v) is 9.79. The molecular formula is C14H15FN+. The summed E-state index contributed by atoms with van der Waals surface area (Å²) >= 11 is 0. The van der Waals surface area contributed by atoms with Crippen LogP contribution in [0.4, 0.5) is 4.39 Å². The molecule has 1 nitrogen and oxygen atoms in total. The van der Waals surface area contributed by atoms with Gasteiger partial charge in [-0.1, -0.05) is 0 Å². The molecule has 0 saturated heterocycles. The highest BCUT2D eigenvalue weighted by molar-refractivity contribution is 5.62. The largest absolute Gasteiger partial charge is 0.212 e. The summed E-state index contributed by atoms with van der Waals surface area (Å²) in [5, 5.41) is 0. The van der Waals surface area contributed by atoms with Crippen LogP contribution in [-0.4, -0.2) is 0 Å². The van der Waals surface area contributed by atoms with E-state index in [0.29, 0.717) is 0 Å². The van der Waals surface area contributed by atoms with Gasteiger partial charge in [0.15, 0.2) is 6.20 Å². The molecule has 1 aromatic heterocycles. The average molecular weight is 216 g/mol. The fraction of sp³-hybridized carbons (Fsp3) is 0.214. The minimum Gasteiger partial charge on any atom is -0.207 e. The Morgan fingerprint density at radius 1 is 1.12 bits per heavy atom. The number of rotatable bonds is 1. The van der Waals surface area contributed by atoms with Crippen molar-refractivity contribution >= 4 is 0 Å². The Morgan fingerprint density at radius 3 is 2.56 bits per heavy atom. The van der Waals surface area contributed by atoms with E-state index in [0.717, 1.165) is 22.4 Å². The molecule has 0 unspecified atom stereocenters. The number of hydrogen-bond acceptors (Lipinski definition) is 0. The lowest BCUT2D eigenvalue weighted by Crippen LogP contribution is -2.30. The third-order valence-corrected chi connectivity index (χ3v) is 2.96. The molecule has 0 aliphatic heterocycles. The maximum absolute atomic E-state index is 13.4. The third kappa shape index (κ3) is 1.83. The first-order chi connectivity index (χ1) is 7.59. The maximum atomic E-state index is 13.4. The smallest absolute Gasteiger partial charge is 0.207 e. The standard InChI is InChI=1S/C14H15FN/c1-10-8-12(15)9-13(11(10)2)14-6-4-5-7-16(14)3/h4-9H,1-3H3/q+1. The SMILES string of the molecule is Cc1cc(F)cc(-c2cccc[n+]2C)c1C. The van der Waals surface area contributed by atoms with E-state index >= 15 is 0 Å². The Balaban J connectivity index is 2.69. The van der Waals surface area contributed by atoms with Crippen LogP contribution in [0.5, 0.6) is 0 Å². The fourth-order valence-corrected chi connectivity index (χ4v) is 1.88. The predicted octanol–water partition coefficient (Wildman–Crippen LogP) is 2.93. The van der Waals surface area contributed by atoms with E-state index < -0.39 is 0 Å². The van der Waals surface area contributed by atoms with Gasteiger partial charge in [-0.2, -0.15) is 0 Å².